The van der Waals surface area contributed by atoms with Crippen LogP contribution in [-0.4, -0.2) is 16.6 Å². The second kappa shape index (κ2) is 8.19. The topological polar surface area (TPSA) is 29.5 Å². The first-order chi connectivity index (χ1) is 14.4. The normalized spacial score (nSPS) is 15.9. The number of carbonyl (C=O) groups excluding carboxylic acids is 1. The number of carbonyl (C=O) groups is 1. The number of nitrogens with zero attached hydrogens (tertiary/aromatic N) is 1. The lowest BCUT2D eigenvalue weighted by atomic mass is 9.88. The van der Waals surface area contributed by atoms with Gasteiger partial charge in [0.25, 0.3) is 0 Å². The zero-order chi connectivity index (χ0) is 21.1. The highest BCUT2D eigenvalue weighted by molar-refractivity contribution is 5.92. The Balaban J connectivity index is 1.85. The van der Waals surface area contributed by atoms with Crippen molar-refractivity contribution < 1.29 is 9.53 Å². The molecule has 1 aliphatic heterocycles. The van der Waals surface area contributed by atoms with E-state index in [2.05, 4.69) is 30.3 Å². The third kappa shape index (κ3) is 4.30. The van der Waals surface area contributed by atoms with E-state index < -0.39 is 5.60 Å². The molecule has 0 saturated heterocycles. The van der Waals surface area contributed by atoms with Crippen LogP contribution in [0.4, 0.5) is 4.79 Å². The van der Waals surface area contributed by atoms with E-state index in [0.717, 1.165) is 22.4 Å². The molecule has 1 atom stereocenters. The van der Waals surface area contributed by atoms with Gasteiger partial charge in [0.05, 0.1) is 11.7 Å². The van der Waals surface area contributed by atoms with Crippen LogP contribution < -0.4 is 0 Å². The molecule has 3 nitrogen and oxygen atoms in total. The molecule has 3 aromatic carbocycles. The van der Waals surface area contributed by atoms with Gasteiger partial charge in [0.1, 0.15) is 5.60 Å². The first kappa shape index (κ1) is 20.0. The average molecular weight is 398 g/mol. The molecule has 0 aliphatic carbocycles. The maximum atomic E-state index is 13.5. The maximum Gasteiger partial charge on any atom is 0.415 e. The van der Waals surface area contributed by atoms with Crippen molar-refractivity contribution >= 4 is 17.9 Å². The summed E-state index contributed by atoms with van der Waals surface area (Å²) in [7, 11) is 0. The number of benzene rings is 3. The van der Waals surface area contributed by atoms with Gasteiger partial charge in [0.2, 0.25) is 0 Å². The Bertz CT molecular complexity index is 1050. The van der Waals surface area contributed by atoms with Crippen molar-refractivity contribution in [1.29, 1.82) is 0 Å². The summed E-state index contributed by atoms with van der Waals surface area (Å²) < 4.78 is 5.86. The van der Waals surface area contributed by atoms with Crippen molar-refractivity contribution in [2.45, 2.75) is 38.8 Å². The third-order valence-electron chi connectivity index (χ3n) is 5.15. The van der Waals surface area contributed by atoms with E-state index in [1.165, 1.54) is 5.56 Å². The number of ether oxygens (including phenoxy) is 1. The fourth-order valence-electron chi connectivity index (χ4n) is 3.88. The highest BCUT2D eigenvalue weighted by atomic mass is 16.6. The summed E-state index contributed by atoms with van der Waals surface area (Å²) in [5.74, 6) is 0. The van der Waals surface area contributed by atoms with Gasteiger partial charge in [-0.05, 0) is 55.5 Å². The molecule has 4 rings (SSSR count). The Morgan fingerprint density at radius 1 is 0.867 bits per heavy atom. The monoisotopic (exact) mass is 397 g/mol. The fourth-order valence-corrected chi connectivity index (χ4v) is 3.88. The highest BCUT2D eigenvalue weighted by Gasteiger charge is 2.36. The molecule has 3 heteroatoms. The quantitative estimate of drug-likeness (QED) is 0.491. The minimum absolute atomic E-state index is 0.154. The van der Waals surface area contributed by atoms with Crippen LogP contribution in [0.25, 0.3) is 11.8 Å². The SMILES string of the molecule is CC(C)(C)OC(=O)N1C(c2ccccc2)=Cc2ccccc2C1Cc1ccccc1. The minimum Gasteiger partial charge on any atom is -0.443 e. The Kier molecular flexibility index (Phi) is 5.45. The van der Waals surface area contributed by atoms with Gasteiger partial charge in [-0.15, -0.1) is 0 Å². The van der Waals surface area contributed by atoms with E-state index in [4.69, 9.17) is 4.74 Å². The molecule has 0 saturated carbocycles. The third-order valence-corrected chi connectivity index (χ3v) is 5.15. The largest absolute Gasteiger partial charge is 0.443 e. The van der Waals surface area contributed by atoms with Crippen molar-refractivity contribution in [2.75, 3.05) is 0 Å². The number of rotatable bonds is 3. The fraction of sp³-hybridized carbons (Fsp3) is 0.222. The van der Waals surface area contributed by atoms with Crippen LogP contribution in [0.5, 0.6) is 0 Å². The molecule has 3 aromatic rings. The molecule has 152 valence electrons. The summed E-state index contributed by atoms with van der Waals surface area (Å²) >= 11 is 0. The van der Waals surface area contributed by atoms with E-state index in [9.17, 15) is 4.79 Å². The second-order valence-corrected chi connectivity index (χ2v) is 8.58. The second-order valence-electron chi connectivity index (χ2n) is 8.58. The van der Waals surface area contributed by atoms with Gasteiger partial charge in [0, 0.05) is 0 Å². The van der Waals surface area contributed by atoms with Gasteiger partial charge in [-0.25, -0.2) is 4.79 Å². The predicted octanol–water partition coefficient (Wildman–Crippen LogP) is 6.72. The van der Waals surface area contributed by atoms with Gasteiger partial charge in [-0.3, -0.25) is 4.90 Å². The summed E-state index contributed by atoms with van der Waals surface area (Å²) in [5.41, 5.74) is 4.73. The minimum atomic E-state index is -0.576. The van der Waals surface area contributed by atoms with Crippen molar-refractivity contribution in [3.8, 4) is 0 Å². The van der Waals surface area contributed by atoms with E-state index in [1.54, 1.807) is 0 Å². The summed E-state index contributed by atoms with van der Waals surface area (Å²) in [5, 5.41) is 0. The molecular formula is C27H27NO2. The highest BCUT2D eigenvalue weighted by Crippen LogP contribution is 2.41. The van der Waals surface area contributed by atoms with Crippen molar-refractivity contribution in [3.05, 3.63) is 107 Å². The van der Waals surface area contributed by atoms with Gasteiger partial charge in [-0.1, -0.05) is 84.9 Å². The van der Waals surface area contributed by atoms with Crippen LogP contribution in [0.3, 0.4) is 0 Å². The zero-order valence-electron chi connectivity index (χ0n) is 17.7. The van der Waals surface area contributed by atoms with Gasteiger partial charge < -0.3 is 4.74 Å². The van der Waals surface area contributed by atoms with E-state index in [1.807, 2.05) is 86.3 Å². The zero-order valence-corrected chi connectivity index (χ0v) is 17.7. The summed E-state index contributed by atoms with van der Waals surface area (Å²) in [6, 6.07) is 28.5. The molecular weight excluding hydrogens is 370 g/mol. The number of amides is 1. The van der Waals surface area contributed by atoms with Gasteiger partial charge >= 0.3 is 6.09 Å². The van der Waals surface area contributed by atoms with E-state index in [0.29, 0.717) is 6.42 Å². The lowest BCUT2D eigenvalue weighted by Gasteiger charge is -2.39. The van der Waals surface area contributed by atoms with Crippen molar-refractivity contribution in [2.24, 2.45) is 0 Å². The molecule has 30 heavy (non-hydrogen) atoms. The van der Waals surface area contributed by atoms with Crippen molar-refractivity contribution in [3.63, 3.8) is 0 Å². The smallest absolute Gasteiger partial charge is 0.415 e. The van der Waals surface area contributed by atoms with E-state index in [-0.39, 0.29) is 12.1 Å². The number of hydrogen-bond acceptors (Lipinski definition) is 2. The molecule has 1 heterocycles. The Morgan fingerprint density at radius 2 is 1.47 bits per heavy atom. The van der Waals surface area contributed by atoms with Crippen LogP contribution in [0.15, 0.2) is 84.9 Å². The lowest BCUT2D eigenvalue weighted by molar-refractivity contribution is 0.0287. The first-order valence-corrected chi connectivity index (χ1v) is 10.3. The summed E-state index contributed by atoms with van der Waals surface area (Å²) in [6.07, 6.45) is 2.48. The maximum absolute atomic E-state index is 13.5. The van der Waals surface area contributed by atoms with Crippen LogP contribution >= 0.6 is 0 Å². The average Bonchev–Trinajstić information content (AvgIpc) is 2.73. The Morgan fingerprint density at radius 3 is 2.13 bits per heavy atom. The summed E-state index contributed by atoms with van der Waals surface area (Å²) in [6.45, 7) is 5.71. The predicted molar refractivity (Wildman–Crippen MR) is 122 cm³/mol. The van der Waals surface area contributed by atoms with Crippen LogP contribution in [0, 0.1) is 0 Å². The van der Waals surface area contributed by atoms with Crippen molar-refractivity contribution in [1.82, 2.24) is 4.90 Å². The molecule has 0 bridgehead atoms. The Labute approximate surface area is 178 Å². The molecule has 0 radical (unpaired) electrons. The number of fused-ring (bicyclic) bond motifs is 1. The van der Waals surface area contributed by atoms with Gasteiger partial charge in [-0.2, -0.15) is 0 Å². The molecule has 1 aliphatic rings. The van der Waals surface area contributed by atoms with Gasteiger partial charge in [0.15, 0.2) is 0 Å². The molecule has 1 unspecified atom stereocenters. The standard InChI is InChI=1S/C27H27NO2/c1-27(2,3)30-26(29)28-24(21-14-8-5-9-15-21)19-22-16-10-11-17-23(22)25(28)18-20-12-6-4-7-13-20/h4-17,19,25H,18H2,1-3H3. The number of hydrogen-bond donors (Lipinski definition) is 0. The summed E-state index contributed by atoms with van der Waals surface area (Å²) in [4.78, 5) is 15.3. The van der Waals surface area contributed by atoms with E-state index >= 15 is 0 Å². The Hall–Kier alpha value is -3.33. The van der Waals surface area contributed by atoms with Crippen LogP contribution in [-0.2, 0) is 11.2 Å². The molecule has 1 amide bonds. The molecule has 0 fully saturated rings. The van der Waals surface area contributed by atoms with Crippen LogP contribution in [0.1, 0.15) is 49.1 Å². The van der Waals surface area contributed by atoms with Crippen LogP contribution in [0.2, 0.25) is 0 Å². The molecule has 0 aromatic heterocycles. The molecule has 0 spiro atoms. The lowest BCUT2D eigenvalue weighted by Crippen LogP contribution is -2.40. The molecule has 0 N–H and O–H groups in total. The first-order valence-electron chi connectivity index (χ1n) is 10.3.